The Morgan fingerprint density at radius 1 is 1.37 bits per heavy atom. The molecule has 4 nitrogen and oxygen atoms in total. The predicted octanol–water partition coefficient (Wildman–Crippen LogP) is 2.25. The molecule has 0 aromatic carbocycles. The molecule has 2 aromatic rings. The number of fused-ring (bicyclic) bond motifs is 1. The summed E-state index contributed by atoms with van der Waals surface area (Å²) in [5.74, 6) is 0.408. The fraction of sp³-hybridized carbons (Fsp3) is 0.467. The Morgan fingerprint density at radius 3 is 3.00 bits per heavy atom. The first kappa shape index (κ1) is 12.4. The highest BCUT2D eigenvalue weighted by Gasteiger charge is 2.22. The number of aromatic nitrogens is 3. The highest BCUT2D eigenvalue weighted by molar-refractivity contribution is 5.67. The molecule has 1 N–H and O–H groups in total. The normalized spacial score (nSPS) is 14.7. The van der Waals surface area contributed by atoms with Crippen molar-refractivity contribution in [2.45, 2.75) is 32.7 Å². The van der Waals surface area contributed by atoms with Crippen LogP contribution in [0.3, 0.4) is 0 Å². The lowest BCUT2D eigenvalue weighted by atomic mass is 9.97. The summed E-state index contributed by atoms with van der Waals surface area (Å²) in [4.78, 5) is 4.54. The molecule has 19 heavy (non-hydrogen) atoms. The molecule has 0 fully saturated rings. The van der Waals surface area contributed by atoms with Gasteiger partial charge in [-0.05, 0) is 18.1 Å². The van der Waals surface area contributed by atoms with Crippen LogP contribution in [0.5, 0.6) is 0 Å². The molecule has 1 aliphatic rings. The molecule has 0 atom stereocenters. The quantitative estimate of drug-likeness (QED) is 0.896. The van der Waals surface area contributed by atoms with Crippen molar-refractivity contribution in [2.75, 3.05) is 6.54 Å². The van der Waals surface area contributed by atoms with E-state index in [2.05, 4.69) is 30.2 Å². The summed E-state index contributed by atoms with van der Waals surface area (Å²) >= 11 is 0. The molecule has 3 heterocycles. The Balaban J connectivity index is 2.18. The fourth-order valence-electron chi connectivity index (χ4n) is 2.82. The van der Waals surface area contributed by atoms with Crippen LogP contribution in [0.1, 0.15) is 36.7 Å². The molecular formula is C15H20N4. The molecular weight excluding hydrogens is 236 g/mol. The molecule has 0 spiro atoms. The third-order valence-electron chi connectivity index (χ3n) is 3.76. The first-order chi connectivity index (χ1) is 9.18. The van der Waals surface area contributed by atoms with E-state index in [0.29, 0.717) is 5.92 Å². The van der Waals surface area contributed by atoms with Crippen molar-refractivity contribution in [3.8, 4) is 11.3 Å². The second-order valence-corrected chi connectivity index (χ2v) is 5.42. The summed E-state index contributed by atoms with van der Waals surface area (Å²) in [7, 11) is 2.04. The molecule has 1 aliphatic heterocycles. The lowest BCUT2D eigenvalue weighted by Gasteiger charge is -2.15. The zero-order valence-electron chi connectivity index (χ0n) is 11.8. The number of rotatable bonds is 2. The summed E-state index contributed by atoms with van der Waals surface area (Å²) in [5.41, 5.74) is 6.10. The zero-order valence-corrected chi connectivity index (χ0v) is 11.8. The molecule has 0 bridgehead atoms. The van der Waals surface area contributed by atoms with E-state index in [1.807, 2.05) is 24.0 Å². The maximum absolute atomic E-state index is 4.74. The van der Waals surface area contributed by atoms with E-state index < -0.39 is 0 Å². The van der Waals surface area contributed by atoms with Crippen molar-refractivity contribution in [1.82, 2.24) is 20.1 Å². The van der Waals surface area contributed by atoms with Crippen molar-refractivity contribution in [2.24, 2.45) is 7.05 Å². The van der Waals surface area contributed by atoms with Gasteiger partial charge in [-0.25, -0.2) is 0 Å². The second-order valence-electron chi connectivity index (χ2n) is 5.42. The minimum absolute atomic E-state index is 0.408. The van der Waals surface area contributed by atoms with Crippen LogP contribution in [-0.4, -0.2) is 21.3 Å². The first-order valence-electron chi connectivity index (χ1n) is 6.89. The molecule has 4 heteroatoms. The highest BCUT2D eigenvalue weighted by Crippen LogP contribution is 2.31. The maximum Gasteiger partial charge on any atom is 0.0989 e. The van der Waals surface area contributed by atoms with Gasteiger partial charge in [-0.3, -0.25) is 9.67 Å². The van der Waals surface area contributed by atoms with Crippen LogP contribution in [0.2, 0.25) is 0 Å². The molecule has 0 saturated heterocycles. The van der Waals surface area contributed by atoms with Gasteiger partial charge in [0.1, 0.15) is 0 Å². The average Bonchev–Trinajstić information content (AvgIpc) is 2.77. The maximum atomic E-state index is 4.74. The molecule has 100 valence electrons. The topological polar surface area (TPSA) is 42.7 Å². The number of hydrogen-bond acceptors (Lipinski definition) is 3. The zero-order chi connectivity index (χ0) is 13.4. The molecule has 0 aliphatic carbocycles. The average molecular weight is 256 g/mol. The summed E-state index contributed by atoms with van der Waals surface area (Å²) in [5, 5.41) is 8.18. The van der Waals surface area contributed by atoms with Crippen LogP contribution < -0.4 is 5.32 Å². The fourth-order valence-corrected chi connectivity index (χ4v) is 2.82. The van der Waals surface area contributed by atoms with E-state index in [1.54, 1.807) is 0 Å². The third kappa shape index (κ3) is 2.06. The number of aryl methyl sites for hydroxylation is 1. The standard InChI is InChI=1S/C15H20N4/c1-10(2)14-11(5-4-7-17-14)15-12-9-16-8-6-13(12)19(3)18-15/h4-5,7,10,16H,6,8-9H2,1-3H3. The van der Waals surface area contributed by atoms with Crippen molar-refractivity contribution in [1.29, 1.82) is 0 Å². The lowest BCUT2D eigenvalue weighted by Crippen LogP contribution is -2.24. The van der Waals surface area contributed by atoms with E-state index >= 15 is 0 Å². The lowest BCUT2D eigenvalue weighted by molar-refractivity contribution is 0.604. The monoisotopic (exact) mass is 256 g/mol. The van der Waals surface area contributed by atoms with E-state index in [9.17, 15) is 0 Å². The van der Waals surface area contributed by atoms with Crippen molar-refractivity contribution in [3.05, 3.63) is 35.3 Å². The van der Waals surface area contributed by atoms with Crippen molar-refractivity contribution >= 4 is 0 Å². The Hall–Kier alpha value is -1.68. The number of nitrogens with zero attached hydrogens (tertiary/aromatic N) is 3. The SMILES string of the molecule is CC(C)c1ncccc1-c1nn(C)c2c1CNCC2. The van der Waals surface area contributed by atoms with Crippen LogP contribution in [0.15, 0.2) is 18.3 Å². The number of hydrogen-bond donors (Lipinski definition) is 1. The van der Waals surface area contributed by atoms with Gasteiger partial charge >= 0.3 is 0 Å². The second kappa shape index (κ2) is 4.78. The van der Waals surface area contributed by atoms with Gasteiger partial charge in [0.15, 0.2) is 0 Å². The summed E-state index contributed by atoms with van der Waals surface area (Å²) in [6.45, 7) is 6.31. The Morgan fingerprint density at radius 2 is 2.21 bits per heavy atom. The number of pyridine rings is 1. The summed E-state index contributed by atoms with van der Waals surface area (Å²) < 4.78 is 2.03. The molecule has 0 amide bonds. The largest absolute Gasteiger partial charge is 0.312 e. The minimum atomic E-state index is 0.408. The molecule has 0 saturated carbocycles. The van der Waals surface area contributed by atoms with Gasteiger partial charge in [-0.2, -0.15) is 5.10 Å². The van der Waals surface area contributed by atoms with E-state index in [0.717, 1.165) is 30.9 Å². The van der Waals surface area contributed by atoms with Gasteiger partial charge in [0.2, 0.25) is 0 Å². The minimum Gasteiger partial charge on any atom is -0.312 e. The predicted molar refractivity (Wildman–Crippen MR) is 75.9 cm³/mol. The number of nitrogens with one attached hydrogen (secondary N) is 1. The van der Waals surface area contributed by atoms with Crippen LogP contribution in [0, 0.1) is 0 Å². The summed E-state index contributed by atoms with van der Waals surface area (Å²) in [6, 6.07) is 4.14. The Bertz CT molecular complexity index is 598. The van der Waals surface area contributed by atoms with E-state index in [-0.39, 0.29) is 0 Å². The third-order valence-corrected chi connectivity index (χ3v) is 3.76. The van der Waals surface area contributed by atoms with Crippen LogP contribution >= 0.6 is 0 Å². The van der Waals surface area contributed by atoms with Crippen molar-refractivity contribution < 1.29 is 0 Å². The Labute approximate surface area is 113 Å². The van der Waals surface area contributed by atoms with Crippen LogP contribution in [-0.2, 0) is 20.0 Å². The molecule has 0 unspecified atom stereocenters. The van der Waals surface area contributed by atoms with Gasteiger partial charge < -0.3 is 5.32 Å². The first-order valence-corrected chi connectivity index (χ1v) is 6.89. The van der Waals surface area contributed by atoms with Crippen LogP contribution in [0.4, 0.5) is 0 Å². The van der Waals surface area contributed by atoms with E-state index in [4.69, 9.17) is 5.10 Å². The molecule has 3 rings (SSSR count). The van der Waals surface area contributed by atoms with E-state index in [1.165, 1.54) is 16.8 Å². The summed E-state index contributed by atoms with van der Waals surface area (Å²) in [6.07, 6.45) is 2.92. The van der Waals surface area contributed by atoms with Gasteiger partial charge in [0, 0.05) is 49.6 Å². The van der Waals surface area contributed by atoms with Crippen molar-refractivity contribution in [3.63, 3.8) is 0 Å². The highest BCUT2D eigenvalue weighted by atomic mass is 15.3. The van der Waals surface area contributed by atoms with Crippen LogP contribution in [0.25, 0.3) is 11.3 Å². The smallest absolute Gasteiger partial charge is 0.0989 e. The molecule has 2 aromatic heterocycles. The van der Waals surface area contributed by atoms with Gasteiger partial charge in [0.05, 0.1) is 11.4 Å². The Kier molecular flexibility index (Phi) is 3.11. The van der Waals surface area contributed by atoms with Gasteiger partial charge in [-0.1, -0.05) is 13.8 Å². The van der Waals surface area contributed by atoms with Gasteiger partial charge in [0.25, 0.3) is 0 Å². The molecule has 0 radical (unpaired) electrons. The van der Waals surface area contributed by atoms with Gasteiger partial charge in [-0.15, -0.1) is 0 Å².